The lowest BCUT2D eigenvalue weighted by atomic mass is 9.95. The normalized spacial score (nSPS) is 15.2. The molecule has 0 amide bonds. The fourth-order valence-corrected chi connectivity index (χ4v) is 2.16. The van der Waals surface area contributed by atoms with Gasteiger partial charge >= 0.3 is 5.97 Å². The molecule has 0 saturated heterocycles. The van der Waals surface area contributed by atoms with Crippen molar-refractivity contribution in [2.75, 3.05) is 13.2 Å². The molecule has 0 aliphatic carbocycles. The molecule has 1 aromatic carbocycles. The van der Waals surface area contributed by atoms with Crippen molar-refractivity contribution in [3.05, 3.63) is 23.8 Å². The molecule has 4 heteroatoms. The predicted octanol–water partition coefficient (Wildman–Crippen LogP) is 2.50. The second kappa shape index (κ2) is 5.76. The van der Waals surface area contributed by atoms with Crippen LogP contribution in [0.15, 0.2) is 18.2 Å². The maximum atomic E-state index is 11.1. The van der Waals surface area contributed by atoms with E-state index >= 15 is 0 Å². The lowest BCUT2D eigenvalue weighted by molar-refractivity contribution is -0.141. The van der Waals surface area contributed by atoms with Gasteiger partial charge in [0.05, 0.1) is 5.92 Å². The summed E-state index contributed by atoms with van der Waals surface area (Å²) in [7, 11) is 0. The molecule has 0 bridgehead atoms. The van der Waals surface area contributed by atoms with Gasteiger partial charge < -0.3 is 14.6 Å². The van der Waals surface area contributed by atoms with Gasteiger partial charge in [-0.2, -0.15) is 0 Å². The highest BCUT2D eigenvalue weighted by atomic mass is 16.6. The molecule has 98 valence electrons. The number of aliphatic carboxylic acids is 1. The monoisotopic (exact) mass is 250 g/mol. The van der Waals surface area contributed by atoms with E-state index < -0.39 is 5.97 Å². The number of fused-ring (bicyclic) bond motifs is 1. The molecular weight excluding hydrogens is 232 g/mol. The number of carboxylic acid groups (broad SMARTS) is 1. The van der Waals surface area contributed by atoms with Crippen LogP contribution in [0.5, 0.6) is 11.5 Å². The Kier molecular flexibility index (Phi) is 4.07. The van der Waals surface area contributed by atoms with Gasteiger partial charge in [0.25, 0.3) is 0 Å². The minimum atomic E-state index is -0.730. The summed E-state index contributed by atoms with van der Waals surface area (Å²) in [5.41, 5.74) is 0.986. The molecule has 1 N–H and O–H groups in total. The average Bonchev–Trinajstić information content (AvgIpc) is 2.38. The highest BCUT2D eigenvalue weighted by Gasteiger charge is 2.18. The average molecular weight is 250 g/mol. The number of hydrogen-bond acceptors (Lipinski definition) is 3. The van der Waals surface area contributed by atoms with Crippen molar-refractivity contribution in [3.63, 3.8) is 0 Å². The Bertz CT molecular complexity index is 428. The maximum absolute atomic E-state index is 11.1. The molecule has 1 aliphatic rings. The predicted molar refractivity (Wildman–Crippen MR) is 67.2 cm³/mol. The number of hydrogen-bond donors (Lipinski definition) is 1. The Labute approximate surface area is 107 Å². The summed E-state index contributed by atoms with van der Waals surface area (Å²) in [4.78, 5) is 11.1. The summed E-state index contributed by atoms with van der Waals surface area (Å²) >= 11 is 0. The number of rotatable bonds is 5. The van der Waals surface area contributed by atoms with E-state index in [0.717, 1.165) is 23.5 Å². The van der Waals surface area contributed by atoms with Crippen LogP contribution in [-0.2, 0) is 11.2 Å². The maximum Gasteiger partial charge on any atom is 0.306 e. The van der Waals surface area contributed by atoms with Crippen LogP contribution >= 0.6 is 0 Å². The van der Waals surface area contributed by atoms with Gasteiger partial charge in [-0.1, -0.05) is 19.4 Å². The SMILES string of the molecule is CCCC(Cc1ccc2c(c1)OCCO2)C(=O)O. The third-order valence-electron chi connectivity index (χ3n) is 3.08. The third kappa shape index (κ3) is 2.94. The highest BCUT2D eigenvalue weighted by Crippen LogP contribution is 2.31. The molecule has 0 spiro atoms. The first-order valence-electron chi connectivity index (χ1n) is 6.32. The molecule has 4 nitrogen and oxygen atoms in total. The van der Waals surface area contributed by atoms with Crippen LogP contribution in [0.25, 0.3) is 0 Å². The van der Waals surface area contributed by atoms with Crippen molar-refractivity contribution >= 4 is 5.97 Å². The summed E-state index contributed by atoms with van der Waals surface area (Å²) in [6.45, 7) is 3.12. The largest absolute Gasteiger partial charge is 0.486 e. The molecule has 0 saturated carbocycles. The molecule has 1 atom stereocenters. The van der Waals surface area contributed by atoms with Gasteiger partial charge in [-0.3, -0.25) is 4.79 Å². The Hall–Kier alpha value is -1.71. The number of ether oxygens (including phenoxy) is 2. The lowest BCUT2D eigenvalue weighted by Crippen LogP contribution is -2.17. The van der Waals surface area contributed by atoms with Gasteiger partial charge in [0.1, 0.15) is 13.2 Å². The van der Waals surface area contributed by atoms with Crippen LogP contribution in [0.4, 0.5) is 0 Å². The molecule has 2 rings (SSSR count). The highest BCUT2D eigenvalue weighted by molar-refractivity contribution is 5.70. The van der Waals surface area contributed by atoms with Crippen molar-refractivity contribution in [2.24, 2.45) is 5.92 Å². The van der Waals surface area contributed by atoms with Crippen molar-refractivity contribution in [3.8, 4) is 11.5 Å². The van der Waals surface area contributed by atoms with Crippen molar-refractivity contribution < 1.29 is 19.4 Å². The molecule has 0 radical (unpaired) electrons. The molecule has 1 aliphatic heterocycles. The van der Waals surface area contributed by atoms with Gasteiger partial charge in [0, 0.05) is 0 Å². The Morgan fingerprint density at radius 2 is 2.06 bits per heavy atom. The smallest absolute Gasteiger partial charge is 0.306 e. The van der Waals surface area contributed by atoms with Gasteiger partial charge in [0.15, 0.2) is 11.5 Å². The Balaban J connectivity index is 2.11. The summed E-state index contributed by atoms with van der Waals surface area (Å²) < 4.78 is 10.9. The van der Waals surface area contributed by atoms with Crippen LogP contribution in [-0.4, -0.2) is 24.3 Å². The molecule has 0 fully saturated rings. The third-order valence-corrected chi connectivity index (χ3v) is 3.08. The second-order valence-electron chi connectivity index (χ2n) is 4.51. The number of carboxylic acids is 1. The summed E-state index contributed by atoms with van der Waals surface area (Å²) in [6.07, 6.45) is 2.12. The van der Waals surface area contributed by atoms with Crippen LogP contribution < -0.4 is 9.47 Å². The first kappa shape index (κ1) is 12.7. The number of carbonyl (C=O) groups is 1. The van der Waals surface area contributed by atoms with E-state index in [1.165, 1.54) is 0 Å². The van der Waals surface area contributed by atoms with E-state index in [1.54, 1.807) is 0 Å². The van der Waals surface area contributed by atoms with Crippen molar-refractivity contribution in [2.45, 2.75) is 26.2 Å². The van der Waals surface area contributed by atoms with E-state index in [-0.39, 0.29) is 5.92 Å². The van der Waals surface area contributed by atoms with E-state index in [0.29, 0.717) is 26.1 Å². The number of benzene rings is 1. The molecule has 1 heterocycles. The minimum Gasteiger partial charge on any atom is -0.486 e. The Morgan fingerprint density at radius 1 is 1.33 bits per heavy atom. The minimum absolute atomic E-state index is 0.322. The molecule has 18 heavy (non-hydrogen) atoms. The molecule has 0 aromatic heterocycles. The topological polar surface area (TPSA) is 55.8 Å². The Morgan fingerprint density at radius 3 is 2.72 bits per heavy atom. The second-order valence-corrected chi connectivity index (χ2v) is 4.51. The molecule has 1 unspecified atom stereocenters. The summed E-state index contributed by atoms with van der Waals surface area (Å²) in [5.74, 6) is 0.413. The van der Waals surface area contributed by atoms with E-state index in [4.69, 9.17) is 14.6 Å². The van der Waals surface area contributed by atoms with Crippen LogP contribution in [0.3, 0.4) is 0 Å². The van der Waals surface area contributed by atoms with Crippen LogP contribution in [0.1, 0.15) is 25.3 Å². The first-order chi connectivity index (χ1) is 8.70. The van der Waals surface area contributed by atoms with Crippen LogP contribution in [0.2, 0.25) is 0 Å². The zero-order chi connectivity index (χ0) is 13.0. The fourth-order valence-electron chi connectivity index (χ4n) is 2.16. The molecule has 1 aromatic rings. The quantitative estimate of drug-likeness (QED) is 0.872. The lowest BCUT2D eigenvalue weighted by Gasteiger charge is -2.19. The van der Waals surface area contributed by atoms with Gasteiger partial charge in [0.2, 0.25) is 0 Å². The first-order valence-corrected chi connectivity index (χ1v) is 6.32. The van der Waals surface area contributed by atoms with Gasteiger partial charge in [-0.05, 0) is 30.5 Å². The van der Waals surface area contributed by atoms with Gasteiger partial charge in [-0.15, -0.1) is 0 Å². The van der Waals surface area contributed by atoms with E-state index in [2.05, 4.69) is 0 Å². The zero-order valence-electron chi connectivity index (χ0n) is 10.5. The standard InChI is InChI=1S/C14H18O4/c1-2-3-11(14(15)16)8-10-4-5-12-13(9-10)18-7-6-17-12/h4-5,9,11H,2-3,6-8H2,1H3,(H,15,16). The van der Waals surface area contributed by atoms with E-state index in [9.17, 15) is 4.79 Å². The van der Waals surface area contributed by atoms with E-state index in [1.807, 2.05) is 25.1 Å². The molecular formula is C14H18O4. The van der Waals surface area contributed by atoms with Gasteiger partial charge in [-0.25, -0.2) is 0 Å². The van der Waals surface area contributed by atoms with Crippen molar-refractivity contribution in [1.29, 1.82) is 0 Å². The van der Waals surface area contributed by atoms with Crippen LogP contribution in [0, 0.1) is 5.92 Å². The zero-order valence-corrected chi connectivity index (χ0v) is 10.5. The fraction of sp³-hybridized carbons (Fsp3) is 0.500. The summed E-state index contributed by atoms with van der Waals surface area (Å²) in [6, 6.07) is 5.66. The van der Waals surface area contributed by atoms with Crippen molar-refractivity contribution in [1.82, 2.24) is 0 Å². The summed E-state index contributed by atoms with van der Waals surface area (Å²) in [5, 5.41) is 9.15.